The summed E-state index contributed by atoms with van der Waals surface area (Å²) in [4.78, 5) is 0. The van der Waals surface area contributed by atoms with Crippen molar-refractivity contribution >= 4 is 11.6 Å². The zero-order valence-corrected chi connectivity index (χ0v) is 8.38. The van der Waals surface area contributed by atoms with E-state index in [1.54, 1.807) is 24.3 Å². The summed E-state index contributed by atoms with van der Waals surface area (Å²) in [6.07, 6.45) is 0.0246. The van der Waals surface area contributed by atoms with E-state index in [1.807, 2.05) is 13.8 Å². The molecule has 1 atom stereocenters. The first-order valence-electron chi connectivity index (χ1n) is 4.15. The van der Waals surface area contributed by atoms with Crippen LogP contribution < -0.4 is 4.74 Å². The fourth-order valence-corrected chi connectivity index (χ4v) is 1.20. The van der Waals surface area contributed by atoms with Crippen LogP contribution in [0.1, 0.15) is 25.0 Å². The molecule has 0 spiro atoms. The molecule has 0 saturated heterocycles. The fraction of sp³-hybridized carbons (Fsp3) is 0.400. The van der Waals surface area contributed by atoms with Crippen molar-refractivity contribution < 1.29 is 9.13 Å². The smallest absolute Gasteiger partial charge is 0.202 e. The molecule has 0 radical (unpaired) electrons. The van der Waals surface area contributed by atoms with Gasteiger partial charge in [-0.05, 0) is 19.9 Å². The molecule has 0 fully saturated rings. The molecule has 0 bridgehead atoms. The molecule has 0 amide bonds. The second-order valence-corrected chi connectivity index (χ2v) is 3.39. The van der Waals surface area contributed by atoms with E-state index in [0.29, 0.717) is 11.3 Å². The normalized spacial score (nSPS) is 13.0. The maximum absolute atomic E-state index is 12.8. The summed E-state index contributed by atoms with van der Waals surface area (Å²) >= 11 is 5.35. The maximum Gasteiger partial charge on any atom is 0.202 e. The van der Waals surface area contributed by atoms with E-state index in [2.05, 4.69) is 0 Å². The second-order valence-electron chi connectivity index (χ2n) is 3.01. The standard InChI is InChI=1S/C10H12ClFO/c1-7(2)13-9-6-4-3-5-8(9)10(11)12/h3-7,10H,1-2H3. The fourth-order valence-electron chi connectivity index (χ4n) is 1.02. The highest BCUT2D eigenvalue weighted by Gasteiger charge is 2.11. The number of halogens is 2. The van der Waals surface area contributed by atoms with Gasteiger partial charge in [0.05, 0.1) is 6.10 Å². The largest absolute Gasteiger partial charge is 0.491 e. The summed E-state index contributed by atoms with van der Waals surface area (Å²) in [7, 11) is 0. The monoisotopic (exact) mass is 202 g/mol. The van der Waals surface area contributed by atoms with Crippen LogP contribution in [0.2, 0.25) is 0 Å². The van der Waals surface area contributed by atoms with E-state index in [9.17, 15) is 4.39 Å². The minimum absolute atomic E-state index is 0.0246. The van der Waals surface area contributed by atoms with Crippen LogP contribution in [0.4, 0.5) is 4.39 Å². The third-order valence-electron chi connectivity index (χ3n) is 1.52. The predicted octanol–water partition coefficient (Wildman–Crippen LogP) is 3.68. The Bertz CT molecular complexity index is 273. The summed E-state index contributed by atoms with van der Waals surface area (Å²) in [6, 6.07) is 6.86. The average Bonchev–Trinajstić information content (AvgIpc) is 2.03. The van der Waals surface area contributed by atoms with Crippen molar-refractivity contribution in [3.63, 3.8) is 0 Å². The van der Waals surface area contributed by atoms with Crippen LogP contribution in [-0.2, 0) is 0 Å². The molecule has 0 aliphatic heterocycles. The average molecular weight is 203 g/mol. The highest BCUT2D eigenvalue weighted by molar-refractivity contribution is 6.20. The molecule has 0 aliphatic rings. The van der Waals surface area contributed by atoms with Gasteiger partial charge in [-0.15, -0.1) is 0 Å². The molecule has 1 nitrogen and oxygen atoms in total. The van der Waals surface area contributed by atoms with E-state index in [0.717, 1.165) is 0 Å². The zero-order valence-electron chi connectivity index (χ0n) is 7.63. The number of rotatable bonds is 3. The van der Waals surface area contributed by atoms with Gasteiger partial charge in [0, 0.05) is 5.56 Å². The highest BCUT2D eigenvalue weighted by Crippen LogP contribution is 2.30. The second kappa shape index (κ2) is 4.47. The van der Waals surface area contributed by atoms with Crippen LogP contribution in [0.5, 0.6) is 5.75 Å². The van der Waals surface area contributed by atoms with Crippen LogP contribution in [0, 0.1) is 0 Å². The van der Waals surface area contributed by atoms with Gasteiger partial charge in [0.2, 0.25) is 5.63 Å². The van der Waals surface area contributed by atoms with E-state index < -0.39 is 5.63 Å². The van der Waals surface area contributed by atoms with E-state index in [4.69, 9.17) is 16.3 Å². The molecular weight excluding hydrogens is 191 g/mol. The number of benzene rings is 1. The quantitative estimate of drug-likeness (QED) is 0.680. The summed E-state index contributed by atoms with van der Waals surface area (Å²) in [5.74, 6) is 0.514. The Balaban J connectivity index is 2.91. The van der Waals surface area contributed by atoms with Gasteiger partial charge >= 0.3 is 0 Å². The lowest BCUT2D eigenvalue weighted by Gasteiger charge is -2.13. The van der Waals surface area contributed by atoms with Crippen molar-refractivity contribution in [1.29, 1.82) is 0 Å². The number of hydrogen-bond donors (Lipinski definition) is 0. The Labute approximate surface area is 82.5 Å². The van der Waals surface area contributed by atoms with E-state index in [1.165, 1.54) is 0 Å². The molecule has 0 heterocycles. The van der Waals surface area contributed by atoms with Gasteiger partial charge < -0.3 is 4.74 Å². The van der Waals surface area contributed by atoms with Crippen molar-refractivity contribution in [2.24, 2.45) is 0 Å². The number of hydrogen-bond acceptors (Lipinski definition) is 1. The molecular formula is C10H12ClFO. The van der Waals surface area contributed by atoms with Crippen LogP contribution in [0.25, 0.3) is 0 Å². The Morgan fingerprint density at radius 3 is 2.46 bits per heavy atom. The number of alkyl halides is 2. The molecule has 1 aromatic rings. The van der Waals surface area contributed by atoms with Gasteiger partial charge in [0.25, 0.3) is 0 Å². The van der Waals surface area contributed by atoms with Crippen molar-refractivity contribution in [3.05, 3.63) is 29.8 Å². The van der Waals surface area contributed by atoms with Crippen molar-refractivity contribution in [1.82, 2.24) is 0 Å². The van der Waals surface area contributed by atoms with Crippen LogP contribution >= 0.6 is 11.6 Å². The molecule has 0 N–H and O–H groups in total. The van der Waals surface area contributed by atoms with E-state index in [-0.39, 0.29) is 6.10 Å². The molecule has 1 rings (SSSR count). The summed E-state index contributed by atoms with van der Waals surface area (Å²) in [6.45, 7) is 3.77. The SMILES string of the molecule is CC(C)Oc1ccccc1C(F)Cl. The van der Waals surface area contributed by atoms with Gasteiger partial charge in [-0.3, -0.25) is 0 Å². The van der Waals surface area contributed by atoms with Gasteiger partial charge in [0.1, 0.15) is 5.75 Å². The first kappa shape index (κ1) is 10.3. The first-order chi connectivity index (χ1) is 6.11. The lowest BCUT2D eigenvalue weighted by Crippen LogP contribution is -2.07. The molecule has 1 unspecified atom stereocenters. The third-order valence-corrected chi connectivity index (χ3v) is 1.75. The van der Waals surface area contributed by atoms with Crippen LogP contribution in [0.3, 0.4) is 0 Å². The van der Waals surface area contributed by atoms with Gasteiger partial charge in [-0.1, -0.05) is 29.8 Å². The third kappa shape index (κ3) is 2.88. The lowest BCUT2D eigenvalue weighted by molar-refractivity contribution is 0.236. The van der Waals surface area contributed by atoms with Crippen LogP contribution in [-0.4, -0.2) is 6.10 Å². The van der Waals surface area contributed by atoms with Crippen molar-refractivity contribution in [3.8, 4) is 5.75 Å². The van der Waals surface area contributed by atoms with Gasteiger partial charge in [-0.2, -0.15) is 0 Å². The summed E-state index contributed by atoms with van der Waals surface area (Å²) < 4.78 is 18.2. The molecule has 3 heteroatoms. The summed E-state index contributed by atoms with van der Waals surface area (Å²) in [5.41, 5.74) is -1.12. The Kier molecular flexibility index (Phi) is 3.55. The Morgan fingerprint density at radius 1 is 1.31 bits per heavy atom. The molecule has 1 aromatic carbocycles. The Morgan fingerprint density at radius 2 is 1.92 bits per heavy atom. The molecule has 0 aromatic heterocycles. The Hall–Kier alpha value is -0.760. The molecule has 72 valence electrons. The topological polar surface area (TPSA) is 9.23 Å². The zero-order chi connectivity index (χ0) is 9.84. The van der Waals surface area contributed by atoms with E-state index >= 15 is 0 Å². The van der Waals surface area contributed by atoms with Crippen molar-refractivity contribution in [2.45, 2.75) is 25.6 Å². The number of ether oxygens (including phenoxy) is 1. The van der Waals surface area contributed by atoms with Crippen LogP contribution in [0.15, 0.2) is 24.3 Å². The maximum atomic E-state index is 12.8. The predicted molar refractivity (Wildman–Crippen MR) is 51.9 cm³/mol. The minimum atomic E-state index is -1.50. The highest BCUT2D eigenvalue weighted by atomic mass is 35.5. The molecule has 0 aliphatic carbocycles. The summed E-state index contributed by atoms with van der Waals surface area (Å²) in [5, 5.41) is 0. The van der Waals surface area contributed by atoms with Crippen molar-refractivity contribution in [2.75, 3.05) is 0 Å². The number of para-hydroxylation sites is 1. The molecule has 13 heavy (non-hydrogen) atoms. The molecule has 0 saturated carbocycles. The first-order valence-corrected chi connectivity index (χ1v) is 4.58. The van der Waals surface area contributed by atoms with Gasteiger partial charge in [-0.25, -0.2) is 4.39 Å². The lowest BCUT2D eigenvalue weighted by atomic mass is 10.2. The van der Waals surface area contributed by atoms with Gasteiger partial charge in [0.15, 0.2) is 0 Å². The minimum Gasteiger partial charge on any atom is -0.491 e.